The Morgan fingerprint density at radius 2 is 1.77 bits per heavy atom. The van der Waals surface area contributed by atoms with Gasteiger partial charge in [-0.05, 0) is 29.9 Å². The number of rotatable bonds is 5. The third-order valence-corrected chi connectivity index (χ3v) is 6.95. The Kier molecular flexibility index (Phi) is 6.82. The average molecular weight is 428 g/mol. The van der Waals surface area contributed by atoms with Crippen LogP contribution in [0.1, 0.15) is 34.2 Å². The Balaban J connectivity index is 1.27. The van der Waals surface area contributed by atoms with Crippen LogP contribution in [-0.4, -0.2) is 77.4 Å². The van der Waals surface area contributed by atoms with Crippen LogP contribution in [0.2, 0.25) is 0 Å². The molecule has 1 aromatic carbocycles. The highest BCUT2D eigenvalue weighted by Gasteiger charge is 2.33. The molecule has 1 N–H and O–H groups in total. The van der Waals surface area contributed by atoms with E-state index in [0.29, 0.717) is 26.2 Å². The SMILES string of the molecule is O=C(c1cccs1)N1CCCC(C(=O)N2CCN(CC(O)c3ccccc3)CC2)C1. The van der Waals surface area contributed by atoms with E-state index in [9.17, 15) is 14.7 Å². The van der Waals surface area contributed by atoms with Crippen LogP contribution in [0.25, 0.3) is 0 Å². The van der Waals surface area contributed by atoms with Crippen LogP contribution >= 0.6 is 11.3 Å². The van der Waals surface area contributed by atoms with Crippen LogP contribution < -0.4 is 0 Å². The Morgan fingerprint density at radius 1 is 1.00 bits per heavy atom. The van der Waals surface area contributed by atoms with Crippen molar-refractivity contribution in [2.45, 2.75) is 18.9 Å². The molecule has 7 heteroatoms. The van der Waals surface area contributed by atoms with E-state index >= 15 is 0 Å². The third-order valence-electron chi connectivity index (χ3n) is 6.09. The van der Waals surface area contributed by atoms with Gasteiger partial charge in [-0.3, -0.25) is 14.5 Å². The quantitative estimate of drug-likeness (QED) is 0.796. The maximum atomic E-state index is 13.1. The molecule has 3 heterocycles. The fourth-order valence-electron chi connectivity index (χ4n) is 4.35. The number of piperazine rings is 1. The zero-order valence-corrected chi connectivity index (χ0v) is 18.0. The number of β-amino-alcohol motifs (C(OH)–C–C–N with tert-alkyl or cyclic N) is 1. The molecule has 2 fully saturated rings. The van der Waals surface area contributed by atoms with Gasteiger partial charge in [0.2, 0.25) is 5.91 Å². The van der Waals surface area contributed by atoms with Gasteiger partial charge in [-0.25, -0.2) is 0 Å². The maximum absolute atomic E-state index is 13.1. The predicted octanol–water partition coefficient (Wildman–Crippen LogP) is 2.48. The van der Waals surface area contributed by atoms with Crippen LogP contribution in [0, 0.1) is 5.92 Å². The monoisotopic (exact) mass is 427 g/mol. The van der Waals surface area contributed by atoms with Gasteiger partial charge in [0.25, 0.3) is 5.91 Å². The van der Waals surface area contributed by atoms with E-state index in [1.54, 1.807) is 0 Å². The molecule has 1 aromatic heterocycles. The second-order valence-corrected chi connectivity index (χ2v) is 9.07. The van der Waals surface area contributed by atoms with Gasteiger partial charge in [0.05, 0.1) is 16.9 Å². The number of benzene rings is 1. The lowest BCUT2D eigenvalue weighted by atomic mass is 9.96. The maximum Gasteiger partial charge on any atom is 0.263 e. The second kappa shape index (κ2) is 9.73. The molecular formula is C23H29N3O3S. The number of hydrogen-bond donors (Lipinski definition) is 1. The van der Waals surface area contributed by atoms with Gasteiger partial charge in [-0.15, -0.1) is 11.3 Å². The minimum atomic E-state index is -0.511. The van der Waals surface area contributed by atoms with Crippen molar-refractivity contribution in [2.75, 3.05) is 45.8 Å². The normalized spacial score (nSPS) is 21.4. The van der Waals surface area contributed by atoms with Crippen LogP contribution in [0.15, 0.2) is 47.8 Å². The average Bonchev–Trinajstić information content (AvgIpc) is 3.34. The van der Waals surface area contributed by atoms with Crippen LogP contribution in [0.3, 0.4) is 0 Å². The van der Waals surface area contributed by atoms with E-state index in [2.05, 4.69) is 4.90 Å². The molecule has 6 nitrogen and oxygen atoms in total. The molecule has 0 aliphatic carbocycles. The Morgan fingerprint density at radius 3 is 2.47 bits per heavy atom. The lowest BCUT2D eigenvalue weighted by molar-refractivity contribution is -0.138. The minimum absolute atomic E-state index is 0.0437. The molecule has 160 valence electrons. The van der Waals surface area contributed by atoms with Crippen LogP contribution in [0.5, 0.6) is 0 Å². The van der Waals surface area contributed by atoms with E-state index in [1.165, 1.54) is 11.3 Å². The van der Waals surface area contributed by atoms with E-state index < -0.39 is 6.10 Å². The summed E-state index contributed by atoms with van der Waals surface area (Å²) in [6, 6.07) is 13.4. The molecule has 30 heavy (non-hydrogen) atoms. The molecule has 2 aliphatic rings. The number of carbonyl (C=O) groups excluding carboxylic acids is 2. The van der Waals surface area contributed by atoms with Crippen molar-refractivity contribution in [1.82, 2.24) is 14.7 Å². The van der Waals surface area contributed by atoms with Crippen LogP contribution in [0.4, 0.5) is 0 Å². The van der Waals surface area contributed by atoms with Gasteiger partial charge in [0, 0.05) is 45.8 Å². The molecule has 2 amide bonds. The van der Waals surface area contributed by atoms with E-state index in [0.717, 1.165) is 42.9 Å². The van der Waals surface area contributed by atoms with E-state index in [-0.39, 0.29) is 17.7 Å². The largest absolute Gasteiger partial charge is 0.387 e. The van der Waals surface area contributed by atoms with Gasteiger partial charge >= 0.3 is 0 Å². The number of nitrogens with zero attached hydrogens (tertiary/aromatic N) is 3. The fraction of sp³-hybridized carbons (Fsp3) is 0.478. The summed E-state index contributed by atoms with van der Waals surface area (Å²) in [5, 5.41) is 12.4. The topological polar surface area (TPSA) is 64.1 Å². The van der Waals surface area contributed by atoms with Gasteiger partial charge < -0.3 is 14.9 Å². The van der Waals surface area contributed by atoms with Crippen molar-refractivity contribution in [2.24, 2.45) is 5.92 Å². The third kappa shape index (κ3) is 4.91. The first-order valence-corrected chi connectivity index (χ1v) is 11.6. The molecule has 2 aromatic rings. The van der Waals surface area contributed by atoms with Gasteiger partial charge in [0.15, 0.2) is 0 Å². The van der Waals surface area contributed by atoms with Gasteiger partial charge in [-0.1, -0.05) is 36.4 Å². The molecule has 2 atom stereocenters. The number of piperidine rings is 1. The van der Waals surface area contributed by atoms with Crippen molar-refractivity contribution >= 4 is 23.2 Å². The summed E-state index contributed by atoms with van der Waals surface area (Å²) in [5.41, 5.74) is 0.925. The minimum Gasteiger partial charge on any atom is -0.387 e. The van der Waals surface area contributed by atoms with E-state index in [4.69, 9.17) is 0 Å². The summed E-state index contributed by atoms with van der Waals surface area (Å²) < 4.78 is 0. The molecule has 0 spiro atoms. The number of thiophene rings is 1. The number of hydrogen-bond acceptors (Lipinski definition) is 5. The molecule has 2 saturated heterocycles. The molecule has 0 saturated carbocycles. The summed E-state index contributed by atoms with van der Waals surface area (Å²) in [4.78, 5) is 32.5. The van der Waals surface area contributed by atoms with Crippen molar-refractivity contribution in [1.29, 1.82) is 0 Å². The lowest BCUT2D eigenvalue weighted by Gasteiger charge is -2.39. The van der Waals surface area contributed by atoms with Crippen LogP contribution in [-0.2, 0) is 4.79 Å². The Bertz CT molecular complexity index is 835. The molecule has 4 rings (SSSR count). The van der Waals surface area contributed by atoms with Crippen molar-refractivity contribution in [3.8, 4) is 0 Å². The summed E-state index contributed by atoms with van der Waals surface area (Å²) in [6.07, 6.45) is 1.21. The first-order chi connectivity index (χ1) is 14.6. The first-order valence-electron chi connectivity index (χ1n) is 10.7. The highest BCUT2D eigenvalue weighted by molar-refractivity contribution is 7.12. The number of aliphatic hydroxyl groups is 1. The van der Waals surface area contributed by atoms with Gasteiger partial charge in [-0.2, -0.15) is 0 Å². The van der Waals surface area contributed by atoms with Crippen molar-refractivity contribution in [3.05, 3.63) is 58.3 Å². The zero-order valence-electron chi connectivity index (χ0n) is 17.2. The van der Waals surface area contributed by atoms with Crippen molar-refractivity contribution < 1.29 is 14.7 Å². The summed E-state index contributed by atoms with van der Waals surface area (Å²) in [7, 11) is 0. The number of carbonyl (C=O) groups is 2. The zero-order chi connectivity index (χ0) is 20.9. The summed E-state index contributed by atoms with van der Waals surface area (Å²) >= 11 is 1.45. The van der Waals surface area contributed by atoms with E-state index in [1.807, 2.05) is 57.6 Å². The standard InChI is InChI=1S/C23H29N3O3S/c27-20(18-6-2-1-3-7-18)17-24-11-13-25(14-12-24)22(28)19-8-4-10-26(16-19)23(29)21-9-5-15-30-21/h1-3,5-7,9,15,19-20,27H,4,8,10-14,16-17H2. The number of likely N-dealkylation sites (tertiary alicyclic amines) is 1. The van der Waals surface area contributed by atoms with Crippen molar-refractivity contribution in [3.63, 3.8) is 0 Å². The molecule has 2 aliphatic heterocycles. The highest BCUT2D eigenvalue weighted by atomic mass is 32.1. The molecule has 0 radical (unpaired) electrons. The molecular weight excluding hydrogens is 398 g/mol. The smallest absolute Gasteiger partial charge is 0.263 e. The molecule has 0 bridgehead atoms. The lowest BCUT2D eigenvalue weighted by Crippen LogP contribution is -2.53. The Labute approximate surface area is 181 Å². The number of aliphatic hydroxyl groups excluding tert-OH is 1. The first kappa shape index (κ1) is 21.0. The molecule has 2 unspecified atom stereocenters. The predicted molar refractivity (Wildman–Crippen MR) is 117 cm³/mol. The fourth-order valence-corrected chi connectivity index (χ4v) is 5.04. The summed E-state index contributed by atoms with van der Waals surface area (Å²) in [6.45, 7) is 4.71. The Hall–Kier alpha value is -2.22. The summed E-state index contributed by atoms with van der Waals surface area (Å²) in [5.74, 6) is 0.105. The highest BCUT2D eigenvalue weighted by Crippen LogP contribution is 2.23. The second-order valence-electron chi connectivity index (χ2n) is 8.12. The van der Waals surface area contributed by atoms with Gasteiger partial charge in [0.1, 0.15) is 0 Å². The number of amides is 2.